The Morgan fingerprint density at radius 1 is 1.43 bits per heavy atom. The van der Waals surface area contributed by atoms with E-state index in [0.717, 1.165) is 23.4 Å². The van der Waals surface area contributed by atoms with E-state index in [1.54, 1.807) is 11.9 Å². The molecule has 0 spiro atoms. The van der Waals surface area contributed by atoms with E-state index in [1.807, 2.05) is 32.0 Å². The van der Waals surface area contributed by atoms with E-state index in [4.69, 9.17) is 4.74 Å². The smallest absolute Gasteiger partial charge is 0.230 e. The number of carbonyl (C=O) groups excluding carboxylic acids is 2. The van der Waals surface area contributed by atoms with Crippen LogP contribution in [0.1, 0.15) is 25.8 Å². The first-order valence-corrected chi connectivity index (χ1v) is 7.29. The van der Waals surface area contributed by atoms with Crippen molar-refractivity contribution in [2.24, 2.45) is 5.92 Å². The molecular formula is C16H22N2O3. The van der Waals surface area contributed by atoms with Gasteiger partial charge in [0.2, 0.25) is 11.8 Å². The lowest BCUT2D eigenvalue weighted by molar-refractivity contribution is -0.124. The third-order valence-electron chi connectivity index (χ3n) is 3.57. The molecule has 1 aliphatic rings. The Labute approximate surface area is 125 Å². The Morgan fingerprint density at radius 2 is 2.19 bits per heavy atom. The molecule has 0 atom stereocenters. The van der Waals surface area contributed by atoms with Crippen LogP contribution in [0.2, 0.25) is 0 Å². The maximum Gasteiger partial charge on any atom is 0.230 e. The molecule has 1 aliphatic heterocycles. The summed E-state index contributed by atoms with van der Waals surface area (Å²) < 4.78 is 5.59. The number of hydrogen-bond donors (Lipinski definition) is 1. The fourth-order valence-electron chi connectivity index (χ4n) is 2.19. The zero-order chi connectivity index (χ0) is 15.4. The summed E-state index contributed by atoms with van der Waals surface area (Å²) in [5.41, 5.74) is 1.87. The minimum atomic E-state index is -0.00537. The van der Waals surface area contributed by atoms with Gasteiger partial charge in [0.15, 0.2) is 0 Å². The molecule has 21 heavy (non-hydrogen) atoms. The molecular weight excluding hydrogens is 268 g/mol. The van der Waals surface area contributed by atoms with E-state index >= 15 is 0 Å². The van der Waals surface area contributed by atoms with Gasteiger partial charge in [0.05, 0.1) is 18.7 Å². The van der Waals surface area contributed by atoms with E-state index in [9.17, 15) is 9.59 Å². The van der Waals surface area contributed by atoms with Crippen molar-refractivity contribution in [3.05, 3.63) is 23.8 Å². The zero-order valence-corrected chi connectivity index (χ0v) is 12.8. The molecule has 0 aromatic heterocycles. The Morgan fingerprint density at radius 3 is 2.90 bits per heavy atom. The van der Waals surface area contributed by atoms with Crippen molar-refractivity contribution in [3.8, 4) is 5.75 Å². The van der Waals surface area contributed by atoms with Gasteiger partial charge >= 0.3 is 0 Å². The van der Waals surface area contributed by atoms with Gasteiger partial charge in [0.1, 0.15) is 5.75 Å². The molecule has 2 amide bonds. The van der Waals surface area contributed by atoms with Gasteiger partial charge in [0, 0.05) is 19.5 Å². The van der Waals surface area contributed by atoms with Crippen LogP contribution in [0.3, 0.4) is 0 Å². The van der Waals surface area contributed by atoms with Crippen LogP contribution in [0.4, 0.5) is 5.69 Å². The summed E-state index contributed by atoms with van der Waals surface area (Å²) in [6, 6.07) is 5.83. The molecule has 0 aliphatic carbocycles. The fourth-order valence-corrected chi connectivity index (χ4v) is 2.19. The van der Waals surface area contributed by atoms with Gasteiger partial charge in [-0.05, 0) is 24.1 Å². The van der Waals surface area contributed by atoms with E-state index in [1.165, 1.54) is 0 Å². The number of carbonyl (C=O) groups is 2. The second-order valence-corrected chi connectivity index (χ2v) is 5.55. The highest BCUT2D eigenvalue weighted by Gasteiger charge is 2.20. The number of anilines is 1. The molecule has 2 rings (SSSR count). The van der Waals surface area contributed by atoms with Gasteiger partial charge in [0.25, 0.3) is 0 Å². The largest absolute Gasteiger partial charge is 0.491 e. The van der Waals surface area contributed by atoms with Crippen LogP contribution >= 0.6 is 0 Å². The van der Waals surface area contributed by atoms with Crippen molar-refractivity contribution in [1.29, 1.82) is 0 Å². The molecule has 5 nitrogen and oxygen atoms in total. The van der Waals surface area contributed by atoms with Crippen molar-refractivity contribution in [3.63, 3.8) is 0 Å². The highest BCUT2D eigenvalue weighted by molar-refractivity contribution is 5.95. The van der Waals surface area contributed by atoms with Crippen LogP contribution < -0.4 is 15.0 Å². The first-order chi connectivity index (χ1) is 9.99. The predicted octanol–water partition coefficient (Wildman–Crippen LogP) is 1.75. The van der Waals surface area contributed by atoms with Crippen molar-refractivity contribution < 1.29 is 14.3 Å². The lowest BCUT2D eigenvalue weighted by Crippen LogP contribution is -2.29. The minimum absolute atomic E-state index is 0.00537. The summed E-state index contributed by atoms with van der Waals surface area (Å²) in [6.45, 7) is 4.75. The number of benzene rings is 1. The van der Waals surface area contributed by atoms with Gasteiger partial charge in [-0.15, -0.1) is 0 Å². The van der Waals surface area contributed by atoms with Gasteiger partial charge < -0.3 is 15.0 Å². The third-order valence-corrected chi connectivity index (χ3v) is 3.57. The molecule has 0 bridgehead atoms. The summed E-state index contributed by atoms with van der Waals surface area (Å²) in [6.07, 6.45) is 1.12. The molecule has 0 saturated carbocycles. The summed E-state index contributed by atoms with van der Waals surface area (Å²) in [7, 11) is 1.76. The van der Waals surface area contributed by atoms with Crippen molar-refractivity contribution >= 4 is 17.5 Å². The van der Waals surface area contributed by atoms with Gasteiger partial charge in [-0.1, -0.05) is 19.9 Å². The highest BCUT2D eigenvalue weighted by atomic mass is 16.5. The normalized spacial score (nSPS) is 14.5. The van der Waals surface area contributed by atoms with E-state index < -0.39 is 0 Å². The SMILES string of the molecule is CC(C)C(=O)NCCc1ccc2c(c1)N(C)C(=O)CCO2. The molecule has 1 aromatic rings. The predicted molar refractivity (Wildman–Crippen MR) is 81.5 cm³/mol. The number of nitrogens with zero attached hydrogens (tertiary/aromatic N) is 1. The van der Waals surface area contributed by atoms with Crippen LogP contribution in [0.5, 0.6) is 5.75 Å². The number of ether oxygens (including phenoxy) is 1. The molecule has 1 N–H and O–H groups in total. The Bertz CT molecular complexity index is 540. The Balaban J connectivity index is 2.04. The summed E-state index contributed by atoms with van der Waals surface area (Å²) in [5.74, 6) is 0.840. The van der Waals surface area contributed by atoms with Crippen LogP contribution in [-0.2, 0) is 16.0 Å². The van der Waals surface area contributed by atoms with E-state index in [-0.39, 0.29) is 17.7 Å². The Hall–Kier alpha value is -2.04. The standard InChI is InChI=1S/C16H22N2O3/c1-11(2)16(20)17-8-6-12-4-5-14-13(10-12)18(3)15(19)7-9-21-14/h4-5,10-11H,6-9H2,1-3H3,(H,17,20). The number of rotatable bonds is 4. The lowest BCUT2D eigenvalue weighted by atomic mass is 10.1. The lowest BCUT2D eigenvalue weighted by Gasteiger charge is -2.17. The maximum absolute atomic E-state index is 11.9. The number of amides is 2. The molecule has 0 unspecified atom stereocenters. The third kappa shape index (κ3) is 3.74. The first-order valence-electron chi connectivity index (χ1n) is 7.29. The van der Waals surface area contributed by atoms with Gasteiger partial charge in [-0.2, -0.15) is 0 Å². The molecule has 0 saturated heterocycles. The molecule has 0 fully saturated rings. The quantitative estimate of drug-likeness (QED) is 0.919. The number of hydrogen-bond acceptors (Lipinski definition) is 3. The van der Waals surface area contributed by atoms with Crippen LogP contribution in [0, 0.1) is 5.92 Å². The molecule has 5 heteroatoms. The van der Waals surface area contributed by atoms with Crippen molar-refractivity contribution in [1.82, 2.24) is 5.32 Å². The molecule has 114 valence electrons. The second-order valence-electron chi connectivity index (χ2n) is 5.55. The topological polar surface area (TPSA) is 58.6 Å². The van der Waals surface area contributed by atoms with Crippen LogP contribution in [-0.4, -0.2) is 32.0 Å². The summed E-state index contributed by atoms with van der Waals surface area (Å²) in [4.78, 5) is 25.0. The monoisotopic (exact) mass is 290 g/mol. The average Bonchev–Trinajstić information content (AvgIpc) is 2.59. The fraction of sp³-hybridized carbons (Fsp3) is 0.500. The van der Waals surface area contributed by atoms with Gasteiger partial charge in [-0.3, -0.25) is 9.59 Å². The highest BCUT2D eigenvalue weighted by Crippen LogP contribution is 2.31. The number of nitrogens with one attached hydrogen (secondary N) is 1. The summed E-state index contributed by atoms with van der Waals surface area (Å²) in [5, 5.41) is 2.89. The zero-order valence-electron chi connectivity index (χ0n) is 12.8. The molecule has 0 radical (unpaired) electrons. The first kappa shape index (κ1) is 15.4. The van der Waals surface area contributed by atoms with Crippen LogP contribution in [0.25, 0.3) is 0 Å². The average molecular weight is 290 g/mol. The second kappa shape index (κ2) is 6.61. The molecule has 1 aromatic carbocycles. The van der Waals surface area contributed by atoms with E-state index in [2.05, 4.69) is 5.32 Å². The van der Waals surface area contributed by atoms with Crippen LogP contribution in [0.15, 0.2) is 18.2 Å². The van der Waals surface area contributed by atoms with Crippen molar-refractivity contribution in [2.45, 2.75) is 26.7 Å². The minimum Gasteiger partial charge on any atom is -0.491 e. The Kier molecular flexibility index (Phi) is 4.83. The molecule has 1 heterocycles. The van der Waals surface area contributed by atoms with Crippen molar-refractivity contribution in [2.75, 3.05) is 25.1 Å². The number of fused-ring (bicyclic) bond motifs is 1. The van der Waals surface area contributed by atoms with E-state index in [0.29, 0.717) is 19.6 Å². The summed E-state index contributed by atoms with van der Waals surface area (Å²) >= 11 is 0. The maximum atomic E-state index is 11.9. The van der Waals surface area contributed by atoms with Gasteiger partial charge in [-0.25, -0.2) is 0 Å².